The maximum atomic E-state index is 5.64. The predicted molar refractivity (Wildman–Crippen MR) is 110 cm³/mol. The minimum absolute atomic E-state index is 0. The predicted octanol–water partition coefficient (Wildman–Crippen LogP) is 1.86. The van der Waals surface area contributed by atoms with E-state index in [-0.39, 0.29) is 30.0 Å². The Hall–Kier alpha value is -0.840. The summed E-state index contributed by atoms with van der Waals surface area (Å²) in [5.41, 5.74) is 0. The fourth-order valence-corrected chi connectivity index (χ4v) is 2.84. The normalized spacial score (nSPS) is 16.5. The third kappa shape index (κ3) is 7.93. The van der Waals surface area contributed by atoms with Gasteiger partial charge >= 0.3 is 0 Å². The molecule has 1 aromatic rings. The molecule has 25 heavy (non-hydrogen) atoms. The number of methoxy groups -OCH3 is 1. The van der Waals surface area contributed by atoms with Crippen LogP contribution in [0.4, 0.5) is 0 Å². The average molecular weight is 466 g/mol. The highest BCUT2D eigenvalue weighted by molar-refractivity contribution is 14.0. The van der Waals surface area contributed by atoms with E-state index in [1.54, 1.807) is 20.4 Å². The van der Waals surface area contributed by atoms with Gasteiger partial charge in [0, 0.05) is 27.2 Å². The molecular formula is C17H31IN4O3. The Balaban J connectivity index is 0.00000312. The first-order valence-electron chi connectivity index (χ1n) is 8.63. The largest absolute Gasteiger partial charge is 0.468 e. The van der Waals surface area contributed by atoms with E-state index in [0.717, 1.165) is 31.4 Å². The van der Waals surface area contributed by atoms with Crippen molar-refractivity contribution in [3.05, 3.63) is 24.2 Å². The highest BCUT2D eigenvalue weighted by Crippen LogP contribution is 2.24. The number of nitrogens with one attached hydrogen (secondary N) is 2. The first-order valence-corrected chi connectivity index (χ1v) is 8.63. The Morgan fingerprint density at radius 2 is 2.08 bits per heavy atom. The Morgan fingerprint density at radius 3 is 2.72 bits per heavy atom. The third-order valence-electron chi connectivity index (χ3n) is 4.11. The van der Waals surface area contributed by atoms with E-state index >= 15 is 0 Å². The number of halogens is 1. The van der Waals surface area contributed by atoms with Crippen LogP contribution in [0, 0.1) is 0 Å². The maximum absolute atomic E-state index is 5.64. The monoisotopic (exact) mass is 466 g/mol. The van der Waals surface area contributed by atoms with Gasteiger partial charge in [-0.1, -0.05) is 0 Å². The van der Waals surface area contributed by atoms with Crippen molar-refractivity contribution in [2.75, 3.05) is 60.2 Å². The average Bonchev–Trinajstić information content (AvgIpc) is 3.30. The van der Waals surface area contributed by atoms with Crippen molar-refractivity contribution in [3.8, 4) is 0 Å². The van der Waals surface area contributed by atoms with Crippen LogP contribution in [0.15, 0.2) is 27.8 Å². The Labute approximate surface area is 167 Å². The van der Waals surface area contributed by atoms with E-state index in [2.05, 4.69) is 20.5 Å². The molecule has 0 radical (unpaired) electrons. The van der Waals surface area contributed by atoms with Gasteiger partial charge in [0.25, 0.3) is 0 Å². The number of ether oxygens (including phenoxy) is 2. The first kappa shape index (κ1) is 22.2. The molecular weight excluding hydrogens is 435 g/mol. The van der Waals surface area contributed by atoms with E-state index in [1.165, 1.54) is 12.8 Å². The van der Waals surface area contributed by atoms with E-state index in [9.17, 15) is 0 Å². The van der Waals surface area contributed by atoms with Gasteiger partial charge < -0.3 is 24.5 Å². The Morgan fingerprint density at radius 1 is 1.28 bits per heavy atom. The Bertz CT molecular complexity index is 464. The molecule has 0 aliphatic carbocycles. The molecule has 2 N–H and O–H groups in total. The van der Waals surface area contributed by atoms with Gasteiger partial charge in [0.1, 0.15) is 5.76 Å². The van der Waals surface area contributed by atoms with Gasteiger partial charge in [-0.05, 0) is 38.1 Å². The topological polar surface area (TPSA) is 71.3 Å². The molecule has 0 amide bonds. The van der Waals surface area contributed by atoms with Crippen LogP contribution in [0.1, 0.15) is 24.6 Å². The zero-order chi connectivity index (χ0) is 17.0. The summed E-state index contributed by atoms with van der Waals surface area (Å²) in [5, 5.41) is 6.66. The van der Waals surface area contributed by atoms with Crippen LogP contribution in [-0.2, 0) is 9.47 Å². The van der Waals surface area contributed by atoms with E-state index in [1.807, 2.05) is 12.1 Å². The SMILES string of the molecule is CN=C(NCCOCCOC)NCC(c1ccco1)N1CCCC1.I. The lowest BCUT2D eigenvalue weighted by Gasteiger charge is -2.26. The van der Waals surface area contributed by atoms with Crippen LogP contribution in [0.3, 0.4) is 0 Å². The van der Waals surface area contributed by atoms with Gasteiger partial charge in [0.15, 0.2) is 5.96 Å². The van der Waals surface area contributed by atoms with E-state index < -0.39 is 0 Å². The molecule has 1 saturated heterocycles. The summed E-state index contributed by atoms with van der Waals surface area (Å²) in [6.07, 6.45) is 4.24. The van der Waals surface area contributed by atoms with Gasteiger partial charge in [-0.2, -0.15) is 0 Å². The lowest BCUT2D eigenvalue weighted by atomic mass is 10.2. The second-order valence-corrected chi connectivity index (χ2v) is 5.76. The van der Waals surface area contributed by atoms with Crippen molar-refractivity contribution in [2.45, 2.75) is 18.9 Å². The molecule has 0 aromatic carbocycles. The molecule has 0 saturated carbocycles. The summed E-state index contributed by atoms with van der Waals surface area (Å²) in [5.74, 6) is 1.78. The molecule has 1 fully saturated rings. The number of likely N-dealkylation sites (tertiary alicyclic amines) is 1. The Kier molecular flexibility index (Phi) is 11.9. The molecule has 1 aromatic heterocycles. The fourth-order valence-electron chi connectivity index (χ4n) is 2.84. The van der Waals surface area contributed by atoms with Crippen molar-refractivity contribution in [1.29, 1.82) is 0 Å². The quantitative estimate of drug-likeness (QED) is 0.238. The van der Waals surface area contributed by atoms with E-state index in [0.29, 0.717) is 26.4 Å². The zero-order valence-corrected chi connectivity index (χ0v) is 17.5. The molecule has 2 heterocycles. The summed E-state index contributed by atoms with van der Waals surface area (Å²) in [4.78, 5) is 6.73. The summed E-state index contributed by atoms with van der Waals surface area (Å²) >= 11 is 0. The number of aliphatic imine (C=N–C) groups is 1. The molecule has 1 aliphatic heterocycles. The highest BCUT2D eigenvalue weighted by Gasteiger charge is 2.25. The van der Waals surface area contributed by atoms with Crippen molar-refractivity contribution >= 4 is 29.9 Å². The number of hydrogen-bond acceptors (Lipinski definition) is 5. The van der Waals surface area contributed by atoms with Gasteiger partial charge in [0.05, 0.1) is 32.1 Å². The van der Waals surface area contributed by atoms with Crippen molar-refractivity contribution < 1.29 is 13.9 Å². The van der Waals surface area contributed by atoms with Gasteiger partial charge in [-0.15, -0.1) is 24.0 Å². The number of furan rings is 1. The summed E-state index contributed by atoms with van der Waals surface area (Å²) in [6, 6.07) is 4.23. The van der Waals surface area contributed by atoms with Crippen molar-refractivity contribution in [1.82, 2.24) is 15.5 Å². The standard InChI is InChI=1S/C17H30N4O3.HI/c1-18-17(19-7-11-23-13-12-22-2)20-14-15(16-6-5-10-24-16)21-8-3-4-9-21;/h5-6,10,15H,3-4,7-9,11-14H2,1-2H3,(H2,18,19,20);1H. The maximum Gasteiger partial charge on any atom is 0.191 e. The van der Waals surface area contributed by atoms with Crippen LogP contribution in [0.2, 0.25) is 0 Å². The second kappa shape index (κ2) is 13.4. The number of rotatable bonds is 10. The van der Waals surface area contributed by atoms with Crippen LogP contribution >= 0.6 is 24.0 Å². The van der Waals surface area contributed by atoms with Gasteiger partial charge in [0.2, 0.25) is 0 Å². The van der Waals surface area contributed by atoms with E-state index in [4.69, 9.17) is 13.9 Å². The summed E-state index contributed by atoms with van der Waals surface area (Å²) in [7, 11) is 3.45. The van der Waals surface area contributed by atoms with Gasteiger partial charge in [-0.25, -0.2) is 0 Å². The highest BCUT2D eigenvalue weighted by atomic mass is 127. The molecule has 7 nitrogen and oxygen atoms in total. The minimum atomic E-state index is 0. The molecule has 0 bridgehead atoms. The fraction of sp³-hybridized carbons (Fsp3) is 0.706. The number of nitrogens with zero attached hydrogens (tertiary/aromatic N) is 2. The third-order valence-corrected chi connectivity index (χ3v) is 4.11. The molecule has 1 atom stereocenters. The second-order valence-electron chi connectivity index (χ2n) is 5.76. The van der Waals surface area contributed by atoms with Crippen LogP contribution in [0.5, 0.6) is 0 Å². The number of hydrogen-bond donors (Lipinski definition) is 2. The molecule has 0 spiro atoms. The van der Waals surface area contributed by atoms with Crippen molar-refractivity contribution in [3.63, 3.8) is 0 Å². The first-order chi connectivity index (χ1) is 11.8. The lowest BCUT2D eigenvalue weighted by Crippen LogP contribution is -2.43. The molecule has 8 heteroatoms. The van der Waals surface area contributed by atoms with Gasteiger partial charge in [-0.3, -0.25) is 9.89 Å². The summed E-state index contributed by atoms with van der Waals surface area (Å²) < 4.78 is 16.0. The smallest absolute Gasteiger partial charge is 0.191 e. The minimum Gasteiger partial charge on any atom is -0.468 e. The summed E-state index contributed by atoms with van der Waals surface area (Å²) in [6.45, 7) is 5.56. The molecule has 144 valence electrons. The molecule has 1 unspecified atom stereocenters. The zero-order valence-electron chi connectivity index (χ0n) is 15.2. The van der Waals surface area contributed by atoms with Crippen LogP contribution in [0.25, 0.3) is 0 Å². The number of guanidine groups is 1. The van der Waals surface area contributed by atoms with Crippen LogP contribution in [-0.4, -0.2) is 71.0 Å². The van der Waals surface area contributed by atoms with Crippen LogP contribution < -0.4 is 10.6 Å². The molecule has 1 aliphatic rings. The lowest BCUT2D eigenvalue weighted by molar-refractivity contribution is 0.0733. The molecule has 2 rings (SSSR count). The van der Waals surface area contributed by atoms with Crippen molar-refractivity contribution in [2.24, 2.45) is 4.99 Å².